The van der Waals surface area contributed by atoms with Crippen LogP contribution in [0.4, 0.5) is 13.2 Å². The second-order valence-electron chi connectivity index (χ2n) is 7.23. The second kappa shape index (κ2) is 7.94. The van der Waals surface area contributed by atoms with Crippen molar-refractivity contribution in [3.8, 4) is 17.3 Å². The van der Waals surface area contributed by atoms with Crippen LogP contribution in [0.1, 0.15) is 19.8 Å². The van der Waals surface area contributed by atoms with Crippen LogP contribution in [0.5, 0.6) is 6.01 Å². The first-order valence-corrected chi connectivity index (χ1v) is 9.00. The Labute approximate surface area is 169 Å². The number of aliphatic carboxylic acids is 1. The number of fused-ring (bicyclic) bond motifs is 1. The lowest BCUT2D eigenvalue weighted by molar-refractivity contribution is -0.192. The highest BCUT2D eigenvalue weighted by Crippen LogP contribution is 2.36. The summed E-state index contributed by atoms with van der Waals surface area (Å²) in [6, 6.07) is 3.04. The molecule has 9 nitrogen and oxygen atoms in total. The molecular weight excluding hydrogens is 405 g/mol. The lowest BCUT2D eigenvalue weighted by Crippen LogP contribution is -2.54. The summed E-state index contributed by atoms with van der Waals surface area (Å²) in [5.74, 6) is -2.76. The minimum atomic E-state index is -5.08. The molecule has 1 fully saturated rings. The molecular formula is C18H21F3N6O3. The number of nitrogens with zero attached hydrogens (tertiary/aromatic N) is 5. The Balaban J connectivity index is 0.000000318. The maximum atomic E-state index is 10.6. The lowest BCUT2D eigenvalue weighted by Gasteiger charge is -2.44. The summed E-state index contributed by atoms with van der Waals surface area (Å²) in [6.45, 7) is 2.13. The first-order chi connectivity index (χ1) is 14.0. The molecule has 0 atom stereocenters. The fraction of sp³-hybridized carbons (Fsp3) is 0.444. The maximum Gasteiger partial charge on any atom is 0.490 e. The van der Waals surface area contributed by atoms with Gasteiger partial charge in [-0.1, -0.05) is 0 Å². The summed E-state index contributed by atoms with van der Waals surface area (Å²) in [6.07, 6.45) is 4.23. The van der Waals surface area contributed by atoms with Crippen molar-refractivity contribution in [1.29, 1.82) is 0 Å². The van der Waals surface area contributed by atoms with Crippen molar-refractivity contribution in [2.75, 3.05) is 7.05 Å². The van der Waals surface area contributed by atoms with Gasteiger partial charge in [-0.15, -0.1) is 0 Å². The van der Waals surface area contributed by atoms with Gasteiger partial charge in [-0.2, -0.15) is 23.3 Å². The van der Waals surface area contributed by atoms with Gasteiger partial charge < -0.3 is 15.2 Å². The quantitative estimate of drug-likeness (QED) is 0.659. The van der Waals surface area contributed by atoms with Crippen molar-refractivity contribution in [1.82, 2.24) is 29.5 Å². The van der Waals surface area contributed by atoms with Crippen LogP contribution in [0, 0.1) is 0 Å². The van der Waals surface area contributed by atoms with Gasteiger partial charge in [0.25, 0.3) is 0 Å². The van der Waals surface area contributed by atoms with E-state index < -0.39 is 12.1 Å². The molecule has 0 aromatic carbocycles. The van der Waals surface area contributed by atoms with Crippen molar-refractivity contribution in [2.45, 2.75) is 37.6 Å². The van der Waals surface area contributed by atoms with Gasteiger partial charge in [0.2, 0.25) is 0 Å². The first kappa shape index (κ1) is 21.6. The number of hydrogen-bond donors (Lipinski definition) is 2. The topological polar surface area (TPSA) is 107 Å². The highest BCUT2D eigenvalue weighted by molar-refractivity contribution is 5.73. The van der Waals surface area contributed by atoms with Crippen molar-refractivity contribution in [3.63, 3.8) is 0 Å². The van der Waals surface area contributed by atoms with Crippen molar-refractivity contribution >= 4 is 11.6 Å². The average molecular weight is 426 g/mol. The number of rotatable bonds is 4. The van der Waals surface area contributed by atoms with E-state index in [0.29, 0.717) is 12.1 Å². The number of carbonyl (C=O) groups is 1. The molecule has 3 aromatic heterocycles. The van der Waals surface area contributed by atoms with Crippen LogP contribution in [0.2, 0.25) is 0 Å². The van der Waals surface area contributed by atoms with Crippen molar-refractivity contribution in [3.05, 3.63) is 30.9 Å². The monoisotopic (exact) mass is 426 g/mol. The van der Waals surface area contributed by atoms with Gasteiger partial charge in [0.1, 0.15) is 11.2 Å². The van der Waals surface area contributed by atoms with Crippen LogP contribution < -0.4 is 10.1 Å². The molecule has 0 radical (unpaired) electrons. The first-order valence-electron chi connectivity index (χ1n) is 9.00. The van der Waals surface area contributed by atoms with Crippen LogP contribution in [-0.2, 0) is 11.8 Å². The zero-order valence-electron chi connectivity index (χ0n) is 16.5. The Bertz CT molecular complexity index is 1040. The number of imidazole rings is 1. The van der Waals surface area contributed by atoms with Crippen LogP contribution in [0.3, 0.4) is 0 Å². The summed E-state index contributed by atoms with van der Waals surface area (Å²) >= 11 is 0. The molecule has 2 N–H and O–H groups in total. The minimum Gasteiger partial charge on any atom is -0.475 e. The van der Waals surface area contributed by atoms with Crippen molar-refractivity contribution < 1.29 is 27.8 Å². The fourth-order valence-corrected chi connectivity index (χ4v) is 3.16. The third-order valence-corrected chi connectivity index (χ3v) is 4.70. The molecule has 30 heavy (non-hydrogen) atoms. The third kappa shape index (κ3) is 4.70. The summed E-state index contributed by atoms with van der Waals surface area (Å²) in [4.78, 5) is 18.0. The Kier molecular flexibility index (Phi) is 5.70. The molecule has 0 saturated heterocycles. The lowest BCUT2D eigenvalue weighted by atomic mass is 9.77. The zero-order valence-corrected chi connectivity index (χ0v) is 16.5. The maximum absolute atomic E-state index is 10.6. The Hall–Kier alpha value is -3.15. The van der Waals surface area contributed by atoms with Gasteiger partial charge in [0.15, 0.2) is 0 Å². The number of ether oxygens (including phenoxy) is 1. The summed E-state index contributed by atoms with van der Waals surface area (Å²) in [5, 5.41) is 14.6. The van der Waals surface area contributed by atoms with Crippen LogP contribution in [0.25, 0.3) is 16.9 Å². The molecule has 162 valence electrons. The van der Waals surface area contributed by atoms with E-state index in [1.54, 1.807) is 17.1 Å². The number of nitrogens with one attached hydrogen (secondary N) is 1. The summed E-state index contributed by atoms with van der Waals surface area (Å²) in [7, 11) is 3.88. The van der Waals surface area contributed by atoms with E-state index in [-0.39, 0.29) is 5.60 Å². The number of carboxylic acid groups (broad SMARTS) is 1. The normalized spacial score (nSPS) is 20.9. The Morgan fingerprint density at radius 1 is 1.40 bits per heavy atom. The number of carboxylic acids is 1. The highest BCUT2D eigenvalue weighted by Gasteiger charge is 2.42. The SMILES string of the molecule is CNC1CC(C)(Oc2nc(-c3cnn(C)c3)cc3nccn23)C1.O=C(O)C(F)(F)F. The molecule has 1 aliphatic rings. The van der Waals surface area contributed by atoms with E-state index in [1.807, 2.05) is 37.0 Å². The Morgan fingerprint density at radius 3 is 2.60 bits per heavy atom. The second-order valence-corrected chi connectivity index (χ2v) is 7.23. The largest absolute Gasteiger partial charge is 0.490 e. The number of halogens is 3. The van der Waals surface area contributed by atoms with Gasteiger partial charge in [-0.25, -0.2) is 9.78 Å². The Morgan fingerprint density at radius 2 is 2.07 bits per heavy atom. The van der Waals surface area contributed by atoms with Gasteiger partial charge in [-0.05, 0) is 14.0 Å². The third-order valence-electron chi connectivity index (χ3n) is 4.70. The molecule has 3 heterocycles. The molecule has 1 saturated carbocycles. The van der Waals surface area contributed by atoms with E-state index in [0.717, 1.165) is 29.7 Å². The van der Waals surface area contributed by atoms with Gasteiger partial charge in [0, 0.05) is 56.2 Å². The molecule has 3 aromatic rings. The number of alkyl halides is 3. The van der Waals surface area contributed by atoms with Crippen LogP contribution in [-0.4, -0.2) is 60.1 Å². The molecule has 0 spiro atoms. The van der Waals surface area contributed by atoms with Gasteiger partial charge in [-0.3, -0.25) is 9.08 Å². The predicted molar refractivity (Wildman–Crippen MR) is 100.0 cm³/mol. The van der Waals surface area contributed by atoms with Gasteiger partial charge in [0.05, 0.1) is 11.9 Å². The molecule has 4 rings (SSSR count). The number of aromatic nitrogens is 5. The van der Waals surface area contributed by atoms with E-state index in [4.69, 9.17) is 19.6 Å². The molecule has 1 aliphatic carbocycles. The number of hydrogen-bond acceptors (Lipinski definition) is 6. The molecule has 0 bridgehead atoms. The highest BCUT2D eigenvalue weighted by atomic mass is 19.4. The summed E-state index contributed by atoms with van der Waals surface area (Å²) < 4.78 is 41.6. The minimum absolute atomic E-state index is 0.189. The molecule has 0 aliphatic heterocycles. The van der Waals surface area contributed by atoms with Crippen LogP contribution in [0.15, 0.2) is 30.9 Å². The fourth-order valence-electron chi connectivity index (χ4n) is 3.16. The standard InChI is InChI=1S/C16H20N6O.C2HF3O2/c1-16(7-12(8-16)17-2)23-15-20-13(11-9-19-21(3)10-11)6-14-18-4-5-22(14)15;3-2(4,5)1(6)7/h4-6,9-10,12,17H,7-8H2,1-3H3;(H,6,7). The molecule has 0 amide bonds. The van der Waals surface area contributed by atoms with Gasteiger partial charge >= 0.3 is 18.2 Å². The molecule has 12 heteroatoms. The van der Waals surface area contributed by atoms with E-state index >= 15 is 0 Å². The zero-order chi connectivity index (χ0) is 22.1. The number of aryl methyl sites for hydroxylation is 1. The van der Waals surface area contributed by atoms with Crippen molar-refractivity contribution in [2.24, 2.45) is 7.05 Å². The van der Waals surface area contributed by atoms with E-state index in [1.165, 1.54) is 0 Å². The summed E-state index contributed by atoms with van der Waals surface area (Å²) in [5.41, 5.74) is 2.40. The van der Waals surface area contributed by atoms with Crippen LogP contribution >= 0.6 is 0 Å². The smallest absolute Gasteiger partial charge is 0.475 e. The van der Waals surface area contributed by atoms with E-state index in [2.05, 4.69) is 22.3 Å². The predicted octanol–water partition coefficient (Wildman–Crippen LogP) is 2.28. The molecule has 0 unspecified atom stereocenters. The van der Waals surface area contributed by atoms with E-state index in [9.17, 15) is 13.2 Å². The average Bonchev–Trinajstić information content (AvgIpc) is 3.27.